The van der Waals surface area contributed by atoms with Crippen LogP contribution in [0.3, 0.4) is 0 Å². The van der Waals surface area contributed by atoms with E-state index in [4.69, 9.17) is 26.0 Å². The van der Waals surface area contributed by atoms with E-state index in [9.17, 15) is 0 Å². The summed E-state index contributed by atoms with van der Waals surface area (Å²) in [6.45, 7) is 2.47. The van der Waals surface area contributed by atoms with Crippen LogP contribution >= 0.6 is 11.6 Å². The number of fused-ring (bicyclic) bond motifs is 1. The first-order valence-corrected chi connectivity index (χ1v) is 9.44. The van der Waals surface area contributed by atoms with Crippen LogP contribution in [0.25, 0.3) is 11.3 Å². The summed E-state index contributed by atoms with van der Waals surface area (Å²) in [5, 5.41) is 18.7. The molecule has 11 nitrogen and oxygen atoms in total. The van der Waals surface area contributed by atoms with Crippen molar-refractivity contribution < 1.29 is 47.1 Å². The zero-order valence-electron chi connectivity index (χ0n) is 16.4. The van der Waals surface area contributed by atoms with Gasteiger partial charge < -0.3 is 31.5 Å². The zero-order valence-corrected chi connectivity index (χ0v) is 20.0. The molecular weight excluding hydrogens is 489 g/mol. The fraction of sp³-hybridized carbons (Fsp3) is 0.471. The predicted octanol–water partition coefficient (Wildman–Crippen LogP) is 3.63. The molecule has 2 fully saturated rings. The molecule has 1 aliphatic heterocycles. The normalized spacial score (nSPS) is 21.8. The summed E-state index contributed by atoms with van der Waals surface area (Å²) in [4.78, 5) is 10.8. The van der Waals surface area contributed by atoms with Crippen molar-refractivity contribution in [3.8, 4) is 0 Å². The van der Waals surface area contributed by atoms with Gasteiger partial charge in [-0.05, 0) is 37.4 Å². The van der Waals surface area contributed by atoms with E-state index in [0.717, 1.165) is 24.2 Å². The minimum atomic E-state index is -0.135. The fourth-order valence-corrected chi connectivity index (χ4v) is 3.16. The standard InChI is InChI=1S/C17H19ClN7O3.H3N.Y/c1-17(3-4-17)28-24-27-11-7-13(26-9-11)12-8-14(21-20-12)19-10-2-5-25-15(6-10)22-23-16(25)18;;/h2,5-6,8,11,13H,3-4,7,9H2,1H3,(H2,19,20,21);1H3;/q-1;;. The Hall–Kier alpha value is -1.18. The third-order valence-corrected chi connectivity index (χ3v) is 5.21. The summed E-state index contributed by atoms with van der Waals surface area (Å²) >= 11 is 5.94. The van der Waals surface area contributed by atoms with Gasteiger partial charge in [0.2, 0.25) is 5.28 Å². The van der Waals surface area contributed by atoms with Crippen LogP contribution in [-0.4, -0.2) is 43.1 Å². The molecule has 3 aromatic heterocycles. The number of pyridine rings is 1. The minimum absolute atomic E-state index is 0. The molecule has 1 radical (unpaired) electrons. The molecule has 1 aliphatic carbocycles. The number of nitrogens with zero attached hydrogens (tertiary/aromatic N) is 5. The van der Waals surface area contributed by atoms with Crippen LogP contribution < -0.4 is 11.5 Å². The molecule has 2 aliphatic rings. The Kier molecular flexibility index (Phi) is 7.46. The monoisotopic (exact) mass is 510 g/mol. The number of anilines is 2. The van der Waals surface area contributed by atoms with E-state index in [1.165, 1.54) is 0 Å². The molecule has 0 bridgehead atoms. The first kappa shape index (κ1) is 23.5. The molecule has 2 atom stereocenters. The molecule has 4 heterocycles. The van der Waals surface area contributed by atoms with Gasteiger partial charge in [-0.15, -0.1) is 10.2 Å². The quantitative estimate of drug-likeness (QED) is 0.408. The third kappa shape index (κ3) is 5.17. The zero-order chi connectivity index (χ0) is 19.1. The van der Waals surface area contributed by atoms with Crippen LogP contribution in [0.4, 0.5) is 11.5 Å². The van der Waals surface area contributed by atoms with Crippen LogP contribution in [0.15, 0.2) is 24.4 Å². The molecule has 0 spiro atoms. The Balaban J connectivity index is 0.00000128. The Morgan fingerprint density at radius 2 is 2.20 bits per heavy atom. The van der Waals surface area contributed by atoms with Crippen molar-refractivity contribution >= 4 is 28.8 Å². The summed E-state index contributed by atoms with van der Waals surface area (Å²) in [6.07, 6.45) is 4.25. The van der Waals surface area contributed by atoms with Gasteiger partial charge in [-0.25, -0.2) is 0 Å². The van der Waals surface area contributed by atoms with Gasteiger partial charge in [-0.3, -0.25) is 9.50 Å². The maximum absolute atomic E-state index is 5.94. The van der Waals surface area contributed by atoms with Crippen LogP contribution in [0.5, 0.6) is 0 Å². The van der Waals surface area contributed by atoms with E-state index in [2.05, 4.69) is 31.4 Å². The molecular formula is C17H22ClN8O3Y-. The first-order valence-electron chi connectivity index (χ1n) is 9.07. The van der Waals surface area contributed by atoms with Crippen LogP contribution in [0, 0.1) is 0 Å². The second kappa shape index (κ2) is 9.53. The molecule has 5 rings (SSSR count). The second-order valence-electron chi connectivity index (χ2n) is 7.35. The number of ether oxygens (including phenoxy) is 1. The average Bonchev–Trinajstić information content (AvgIpc) is 3.09. The number of nitrogens with one attached hydrogen (secondary N) is 2. The number of aromatic nitrogens is 5. The number of rotatable bonds is 7. The summed E-state index contributed by atoms with van der Waals surface area (Å²) in [5.74, 6) is 0.674. The first-order chi connectivity index (χ1) is 13.6. The number of halogens is 1. The number of hydrogen-bond donors (Lipinski definition) is 3. The predicted molar refractivity (Wildman–Crippen MR) is 105 cm³/mol. The van der Waals surface area contributed by atoms with Crippen LogP contribution in [0.1, 0.15) is 38.0 Å². The van der Waals surface area contributed by atoms with Gasteiger partial charge in [0.1, 0.15) is 6.10 Å². The summed E-state index contributed by atoms with van der Waals surface area (Å²) in [7, 11) is 0. The van der Waals surface area contributed by atoms with Gasteiger partial charge in [-0.1, -0.05) is 0 Å². The van der Waals surface area contributed by atoms with Gasteiger partial charge in [-0.2, -0.15) is 5.10 Å². The van der Waals surface area contributed by atoms with Crippen molar-refractivity contribution in [2.24, 2.45) is 0 Å². The van der Waals surface area contributed by atoms with E-state index in [0.29, 0.717) is 29.8 Å². The molecule has 159 valence electrons. The summed E-state index contributed by atoms with van der Waals surface area (Å²) in [5.41, 5.74) is 5.97. The third-order valence-electron chi connectivity index (χ3n) is 4.95. The van der Waals surface area contributed by atoms with Gasteiger partial charge in [0.15, 0.2) is 11.5 Å². The van der Waals surface area contributed by atoms with Crippen molar-refractivity contribution in [2.45, 2.75) is 44.0 Å². The Bertz CT molecular complexity index is 994. The molecule has 30 heavy (non-hydrogen) atoms. The Labute approximate surface area is 202 Å². The molecule has 13 heteroatoms. The van der Waals surface area contributed by atoms with Gasteiger partial charge >= 0.3 is 0 Å². The van der Waals surface area contributed by atoms with E-state index in [1.807, 2.05) is 25.1 Å². The van der Waals surface area contributed by atoms with E-state index in [-0.39, 0.29) is 56.7 Å². The van der Waals surface area contributed by atoms with E-state index in [1.54, 1.807) is 10.6 Å². The van der Waals surface area contributed by atoms with Crippen molar-refractivity contribution in [3.63, 3.8) is 0 Å². The van der Waals surface area contributed by atoms with Gasteiger partial charge in [0.05, 0.1) is 18.4 Å². The number of H-pyrrole nitrogens is 1. The summed E-state index contributed by atoms with van der Waals surface area (Å²) < 4.78 is 7.49. The molecule has 5 N–H and O–H groups in total. The molecule has 0 aromatic carbocycles. The average molecular weight is 511 g/mol. The maximum atomic E-state index is 5.94. The van der Waals surface area contributed by atoms with Gasteiger partial charge in [0.25, 0.3) is 0 Å². The Morgan fingerprint density at radius 1 is 1.37 bits per heavy atom. The smallest absolute Gasteiger partial charge is 0.229 e. The van der Waals surface area contributed by atoms with Crippen LogP contribution in [0.2, 0.25) is 5.28 Å². The van der Waals surface area contributed by atoms with E-state index >= 15 is 0 Å². The molecule has 1 saturated heterocycles. The SMILES string of the molecule is CC1(O[N-]OC2COC(c3cc(Nc4ccn5c(Cl)nnc5c4)n[nH]3)C2)CC1.N.[Y]. The maximum Gasteiger partial charge on any atom is 0.229 e. The van der Waals surface area contributed by atoms with Crippen molar-refractivity contribution in [1.29, 1.82) is 0 Å². The van der Waals surface area contributed by atoms with Crippen LogP contribution in [-0.2, 0) is 47.1 Å². The Morgan fingerprint density at radius 3 is 3.00 bits per heavy atom. The topological polar surface area (TPSA) is 148 Å². The molecule has 2 unspecified atom stereocenters. The fourth-order valence-electron chi connectivity index (χ4n) is 2.98. The minimum Gasteiger partial charge on any atom is -0.457 e. The van der Waals surface area contributed by atoms with Crippen molar-refractivity contribution in [2.75, 3.05) is 11.9 Å². The number of hydrogen-bond acceptors (Lipinski definition) is 8. The molecule has 3 aromatic rings. The van der Waals surface area contributed by atoms with E-state index < -0.39 is 0 Å². The largest absolute Gasteiger partial charge is 0.457 e. The van der Waals surface area contributed by atoms with Crippen molar-refractivity contribution in [1.82, 2.24) is 30.9 Å². The number of aromatic amines is 1. The molecule has 0 amide bonds. The molecule has 1 saturated carbocycles. The van der Waals surface area contributed by atoms with Gasteiger partial charge in [0, 0.05) is 68.7 Å². The summed E-state index contributed by atoms with van der Waals surface area (Å²) in [6, 6.07) is 5.62. The second-order valence-corrected chi connectivity index (χ2v) is 7.69. The van der Waals surface area contributed by atoms with Crippen molar-refractivity contribution in [3.05, 3.63) is 41.0 Å².